The Hall–Kier alpha value is -1.88. The summed E-state index contributed by atoms with van der Waals surface area (Å²) in [4.78, 5) is 23.3. The maximum atomic E-state index is 12.3. The molecular formula is C18H27N3O2. The van der Waals surface area contributed by atoms with Crippen molar-refractivity contribution in [3.63, 3.8) is 0 Å². The molecule has 126 valence electrons. The quantitative estimate of drug-likeness (QED) is 0.781. The van der Waals surface area contributed by atoms with Crippen LogP contribution in [0.3, 0.4) is 0 Å². The first-order valence-corrected chi connectivity index (χ1v) is 8.40. The van der Waals surface area contributed by atoms with Gasteiger partial charge in [0.1, 0.15) is 0 Å². The monoisotopic (exact) mass is 317 g/mol. The average molecular weight is 317 g/mol. The van der Waals surface area contributed by atoms with Crippen molar-refractivity contribution in [2.24, 2.45) is 5.92 Å². The van der Waals surface area contributed by atoms with Crippen LogP contribution in [0.1, 0.15) is 46.5 Å². The molecule has 1 aliphatic rings. The Balaban J connectivity index is 1.86. The largest absolute Gasteiger partial charge is 0.326 e. The van der Waals surface area contributed by atoms with Crippen LogP contribution in [-0.2, 0) is 9.59 Å². The Labute approximate surface area is 138 Å². The molecule has 3 N–H and O–H groups in total. The number of anilines is 2. The molecule has 3 atom stereocenters. The number of rotatable bonds is 5. The minimum absolute atomic E-state index is 0.0324. The second-order valence-electron chi connectivity index (χ2n) is 6.50. The topological polar surface area (TPSA) is 70.2 Å². The van der Waals surface area contributed by atoms with Crippen molar-refractivity contribution in [3.8, 4) is 0 Å². The van der Waals surface area contributed by atoms with Crippen LogP contribution in [0.25, 0.3) is 0 Å². The van der Waals surface area contributed by atoms with E-state index in [4.69, 9.17) is 0 Å². The Kier molecular flexibility index (Phi) is 6.16. The van der Waals surface area contributed by atoms with Crippen LogP contribution in [0.4, 0.5) is 11.4 Å². The lowest BCUT2D eigenvalue weighted by atomic mass is 9.85. The third kappa shape index (κ3) is 5.36. The zero-order valence-electron chi connectivity index (χ0n) is 14.2. The molecule has 2 amide bonds. The Morgan fingerprint density at radius 2 is 1.61 bits per heavy atom. The van der Waals surface area contributed by atoms with Crippen molar-refractivity contribution < 1.29 is 9.59 Å². The maximum absolute atomic E-state index is 12.3. The van der Waals surface area contributed by atoms with Gasteiger partial charge in [-0.25, -0.2) is 0 Å². The SMILES string of the molecule is CC(=O)Nc1ccc(NC(=O)C(C)NC2CCCCC2C)cc1. The lowest BCUT2D eigenvalue weighted by Crippen LogP contribution is -2.47. The lowest BCUT2D eigenvalue weighted by Gasteiger charge is -2.31. The van der Waals surface area contributed by atoms with Crippen molar-refractivity contribution >= 4 is 23.2 Å². The van der Waals surface area contributed by atoms with Gasteiger partial charge in [-0.3, -0.25) is 9.59 Å². The van der Waals surface area contributed by atoms with Crippen LogP contribution >= 0.6 is 0 Å². The first-order valence-electron chi connectivity index (χ1n) is 8.40. The smallest absolute Gasteiger partial charge is 0.241 e. The van der Waals surface area contributed by atoms with Crippen LogP contribution < -0.4 is 16.0 Å². The normalized spacial score (nSPS) is 22.2. The number of benzene rings is 1. The zero-order chi connectivity index (χ0) is 16.8. The van der Waals surface area contributed by atoms with E-state index in [9.17, 15) is 9.59 Å². The molecule has 0 spiro atoms. The van der Waals surface area contributed by atoms with Gasteiger partial charge in [0.2, 0.25) is 11.8 Å². The molecular weight excluding hydrogens is 290 g/mol. The zero-order valence-corrected chi connectivity index (χ0v) is 14.2. The van der Waals surface area contributed by atoms with Gasteiger partial charge >= 0.3 is 0 Å². The van der Waals surface area contributed by atoms with Gasteiger partial charge in [0.05, 0.1) is 6.04 Å². The van der Waals surface area contributed by atoms with E-state index in [1.165, 1.54) is 26.2 Å². The third-order valence-corrected chi connectivity index (χ3v) is 4.44. The van der Waals surface area contributed by atoms with E-state index >= 15 is 0 Å². The van der Waals surface area contributed by atoms with Crippen molar-refractivity contribution in [2.75, 3.05) is 10.6 Å². The van der Waals surface area contributed by atoms with E-state index in [0.29, 0.717) is 12.0 Å². The summed E-state index contributed by atoms with van der Waals surface area (Å²) in [7, 11) is 0. The molecule has 0 bridgehead atoms. The third-order valence-electron chi connectivity index (χ3n) is 4.44. The van der Waals surface area contributed by atoms with Gasteiger partial charge in [0.15, 0.2) is 0 Å². The van der Waals surface area contributed by atoms with Crippen LogP contribution in [0.2, 0.25) is 0 Å². The summed E-state index contributed by atoms with van der Waals surface area (Å²) in [6.45, 7) is 5.62. The van der Waals surface area contributed by atoms with E-state index in [0.717, 1.165) is 17.8 Å². The molecule has 5 nitrogen and oxygen atoms in total. The minimum Gasteiger partial charge on any atom is -0.326 e. The Bertz CT molecular complexity index is 542. The van der Waals surface area contributed by atoms with Crippen molar-refractivity contribution in [3.05, 3.63) is 24.3 Å². The standard InChI is InChI=1S/C18H27N3O2/c1-12-6-4-5-7-17(12)19-13(2)18(23)21-16-10-8-15(9-11-16)20-14(3)22/h8-13,17,19H,4-7H2,1-3H3,(H,20,22)(H,21,23). The van der Waals surface area contributed by atoms with Crippen LogP contribution in [0.15, 0.2) is 24.3 Å². The second kappa shape index (κ2) is 8.11. The van der Waals surface area contributed by atoms with E-state index in [-0.39, 0.29) is 17.9 Å². The predicted octanol–water partition coefficient (Wildman–Crippen LogP) is 3.14. The molecule has 1 saturated carbocycles. The molecule has 2 rings (SSSR count). The lowest BCUT2D eigenvalue weighted by molar-refractivity contribution is -0.118. The van der Waals surface area contributed by atoms with Crippen molar-refractivity contribution in [1.82, 2.24) is 5.32 Å². The highest BCUT2D eigenvalue weighted by atomic mass is 16.2. The van der Waals surface area contributed by atoms with E-state index in [1.807, 2.05) is 6.92 Å². The summed E-state index contributed by atoms with van der Waals surface area (Å²) in [5.41, 5.74) is 1.45. The van der Waals surface area contributed by atoms with Gasteiger partial charge in [-0.1, -0.05) is 19.8 Å². The second-order valence-corrected chi connectivity index (χ2v) is 6.50. The fourth-order valence-electron chi connectivity index (χ4n) is 3.05. The molecule has 3 unspecified atom stereocenters. The maximum Gasteiger partial charge on any atom is 0.241 e. The van der Waals surface area contributed by atoms with Gasteiger partial charge in [-0.15, -0.1) is 0 Å². The summed E-state index contributed by atoms with van der Waals surface area (Å²) >= 11 is 0. The Morgan fingerprint density at radius 3 is 2.17 bits per heavy atom. The minimum atomic E-state index is -0.226. The number of amides is 2. The fraction of sp³-hybridized carbons (Fsp3) is 0.556. The summed E-state index contributed by atoms with van der Waals surface area (Å²) in [5, 5.41) is 9.07. The number of carbonyl (C=O) groups excluding carboxylic acids is 2. The predicted molar refractivity (Wildman–Crippen MR) is 93.4 cm³/mol. The number of hydrogen-bond acceptors (Lipinski definition) is 3. The molecule has 1 aromatic rings. The highest BCUT2D eigenvalue weighted by molar-refractivity contribution is 5.95. The summed E-state index contributed by atoms with van der Waals surface area (Å²) < 4.78 is 0. The molecule has 23 heavy (non-hydrogen) atoms. The number of hydrogen-bond donors (Lipinski definition) is 3. The van der Waals surface area contributed by atoms with Crippen LogP contribution in [0, 0.1) is 5.92 Å². The van der Waals surface area contributed by atoms with Crippen LogP contribution in [0.5, 0.6) is 0 Å². The van der Waals surface area contributed by atoms with Gasteiger partial charge in [-0.05, 0) is 49.9 Å². The molecule has 1 fully saturated rings. The summed E-state index contributed by atoms with van der Waals surface area (Å²) in [6.07, 6.45) is 4.91. The fourth-order valence-corrected chi connectivity index (χ4v) is 3.05. The molecule has 0 aromatic heterocycles. The molecule has 0 heterocycles. The molecule has 0 saturated heterocycles. The summed E-state index contributed by atoms with van der Waals surface area (Å²) in [5.74, 6) is 0.479. The van der Waals surface area contributed by atoms with Gasteiger partial charge < -0.3 is 16.0 Å². The van der Waals surface area contributed by atoms with E-state index in [1.54, 1.807) is 24.3 Å². The van der Waals surface area contributed by atoms with E-state index < -0.39 is 0 Å². The number of nitrogens with one attached hydrogen (secondary N) is 3. The number of carbonyl (C=O) groups is 2. The molecule has 1 aliphatic carbocycles. The van der Waals surface area contributed by atoms with Gasteiger partial charge in [0.25, 0.3) is 0 Å². The molecule has 5 heteroatoms. The first-order chi connectivity index (χ1) is 11.0. The summed E-state index contributed by atoms with van der Waals surface area (Å²) in [6, 6.07) is 7.33. The van der Waals surface area contributed by atoms with Crippen LogP contribution in [-0.4, -0.2) is 23.9 Å². The Morgan fingerprint density at radius 1 is 1.04 bits per heavy atom. The van der Waals surface area contributed by atoms with E-state index in [2.05, 4.69) is 22.9 Å². The van der Waals surface area contributed by atoms with Crippen molar-refractivity contribution in [1.29, 1.82) is 0 Å². The first kappa shape index (κ1) is 17.5. The molecule has 1 aromatic carbocycles. The highest BCUT2D eigenvalue weighted by Gasteiger charge is 2.24. The molecule has 0 aliphatic heterocycles. The van der Waals surface area contributed by atoms with Crippen molar-refractivity contribution in [2.45, 2.75) is 58.5 Å². The highest BCUT2D eigenvalue weighted by Crippen LogP contribution is 2.24. The van der Waals surface area contributed by atoms with Gasteiger partial charge in [0, 0.05) is 24.3 Å². The molecule has 0 radical (unpaired) electrons. The van der Waals surface area contributed by atoms with Gasteiger partial charge in [-0.2, -0.15) is 0 Å². The average Bonchev–Trinajstić information content (AvgIpc) is 2.51.